The van der Waals surface area contributed by atoms with Crippen LogP contribution in [-0.4, -0.2) is 11.7 Å². The fraction of sp³-hybridized carbons (Fsp3) is 0.0323. The highest BCUT2D eigenvalue weighted by Crippen LogP contribution is 2.41. The van der Waals surface area contributed by atoms with Gasteiger partial charge in [-0.25, -0.2) is 9.98 Å². The Kier molecular flexibility index (Phi) is 11.3. The SMILES string of the molecule is NC(=N/C(=C\Cc1cccc(-c2ccc3oc4c(ccc5c6cc(-c7cccc(/C(=C/Cc8ccccc8)N=C(N)c8ccccc8)c7)ccc6oc54)c3c2)c1)c1ccccc1)c1ccccc1. The van der Waals surface area contributed by atoms with Crippen molar-refractivity contribution >= 4 is 66.9 Å². The maximum Gasteiger partial charge on any atom is 0.178 e. The van der Waals surface area contributed by atoms with E-state index < -0.39 is 0 Å². The molecule has 0 saturated carbocycles. The summed E-state index contributed by atoms with van der Waals surface area (Å²) in [6, 6.07) is 74.6. The van der Waals surface area contributed by atoms with E-state index in [4.69, 9.17) is 30.3 Å². The first-order chi connectivity index (χ1) is 33.5. The summed E-state index contributed by atoms with van der Waals surface area (Å²) in [7, 11) is 0. The molecule has 0 bridgehead atoms. The lowest BCUT2D eigenvalue weighted by Crippen LogP contribution is -2.13. The zero-order valence-corrected chi connectivity index (χ0v) is 37.2. The molecule has 68 heavy (non-hydrogen) atoms. The number of nitrogens with two attached hydrogens (primary N) is 2. The lowest BCUT2D eigenvalue weighted by atomic mass is 9.98. The first-order valence-electron chi connectivity index (χ1n) is 22.8. The molecule has 11 rings (SSSR count). The maximum absolute atomic E-state index is 6.61. The fourth-order valence-electron chi connectivity index (χ4n) is 8.88. The van der Waals surface area contributed by atoms with E-state index in [9.17, 15) is 0 Å². The summed E-state index contributed by atoms with van der Waals surface area (Å²) in [5.41, 5.74) is 28.3. The summed E-state index contributed by atoms with van der Waals surface area (Å²) in [5, 5.41) is 4.06. The smallest absolute Gasteiger partial charge is 0.178 e. The highest BCUT2D eigenvalue weighted by Gasteiger charge is 2.18. The Bertz CT molecular complexity index is 3730. The van der Waals surface area contributed by atoms with E-state index >= 15 is 0 Å². The normalized spacial score (nSPS) is 12.7. The average molecular weight is 879 g/mol. The lowest BCUT2D eigenvalue weighted by Gasteiger charge is -2.09. The molecule has 0 radical (unpaired) electrons. The van der Waals surface area contributed by atoms with Gasteiger partial charge in [-0.3, -0.25) is 0 Å². The minimum atomic E-state index is 0.471. The lowest BCUT2D eigenvalue weighted by molar-refractivity contribution is 0.633. The van der Waals surface area contributed by atoms with Gasteiger partial charge in [0.25, 0.3) is 0 Å². The second-order valence-electron chi connectivity index (χ2n) is 16.9. The molecule has 11 aromatic rings. The number of hydrogen-bond donors (Lipinski definition) is 2. The number of aliphatic imine (C=N–C) groups is 2. The molecular weight excluding hydrogens is 833 g/mol. The molecule has 0 spiro atoms. The Morgan fingerprint density at radius 2 is 0.765 bits per heavy atom. The van der Waals surface area contributed by atoms with Crippen molar-refractivity contribution in [1.82, 2.24) is 0 Å². The predicted octanol–water partition coefficient (Wildman–Crippen LogP) is 14.8. The summed E-state index contributed by atoms with van der Waals surface area (Å²) < 4.78 is 13.2. The molecule has 2 aromatic heterocycles. The molecule has 9 aromatic carbocycles. The van der Waals surface area contributed by atoms with E-state index in [0.29, 0.717) is 18.1 Å². The van der Waals surface area contributed by atoms with Gasteiger partial charge in [-0.1, -0.05) is 188 Å². The monoisotopic (exact) mass is 878 g/mol. The van der Waals surface area contributed by atoms with Gasteiger partial charge >= 0.3 is 0 Å². The minimum Gasteiger partial charge on any atom is -0.452 e. The van der Waals surface area contributed by atoms with E-state index in [2.05, 4.69) is 146 Å². The van der Waals surface area contributed by atoms with Crippen LogP contribution in [0.15, 0.2) is 249 Å². The summed E-state index contributed by atoms with van der Waals surface area (Å²) in [6.07, 6.45) is 5.71. The molecule has 0 fully saturated rings. The van der Waals surface area contributed by atoms with E-state index in [1.807, 2.05) is 84.9 Å². The number of furan rings is 2. The van der Waals surface area contributed by atoms with Gasteiger partial charge in [0.1, 0.15) is 22.8 Å². The number of allylic oxidation sites excluding steroid dienone is 2. The van der Waals surface area contributed by atoms with Crippen LogP contribution in [0.3, 0.4) is 0 Å². The molecule has 2 heterocycles. The largest absolute Gasteiger partial charge is 0.452 e. The second kappa shape index (κ2) is 18.5. The van der Waals surface area contributed by atoms with E-state index in [1.165, 1.54) is 5.56 Å². The van der Waals surface area contributed by atoms with Crippen LogP contribution in [0.1, 0.15) is 33.4 Å². The molecule has 0 atom stereocenters. The Hall–Kier alpha value is -9.00. The Morgan fingerprint density at radius 1 is 0.353 bits per heavy atom. The molecule has 4 N–H and O–H groups in total. The van der Waals surface area contributed by atoms with Crippen molar-refractivity contribution < 1.29 is 8.83 Å². The molecule has 0 unspecified atom stereocenters. The van der Waals surface area contributed by atoms with Crippen molar-refractivity contribution in [3.63, 3.8) is 0 Å². The summed E-state index contributed by atoms with van der Waals surface area (Å²) in [4.78, 5) is 9.87. The van der Waals surface area contributed by atoms with Crippen molar-refractivity contribution in [2.24, 2.45) is 21.5 Å². The van der Waals surface area contributed by atoms with E-state index in [0.717, 1.165) is 112 Å². The summed E-state index contributed by atoms with van der Waals surface area (Å²) in [6.45, 7) is 0. The van der Waals surface area contributed by atoms with E-state index in [-0.39, 0.29) is 0 Å². The van der Waals surface area contributed by atoms with Crippen LogP contribution in [0, 0.1) is 0 Å². The van der Waals surface area contributed by atoms with Gasteiger partial charge in [-0.05, 0) is 94.3 Å². The third-order valence-electron chi connectivity index (χ3n) is 12.4. The molecular formula is C62H46N4O2. The Balaban J connectivity index is 0.900. The van der Waals surface area contributed by atoms with Crippen molar-refractivity contribution in [2.45, 2.75) is 12.8 Å². The van der Waals surface area contributed by atoms with Crippen LogP contribution in [0.5, 0.6) is 0 Å². The van der Waals surface area contributed by atoms with Crippen LogP contribution in [-0.2, 0) is 12.8 Å². The second-order valence-corrected chi connectivity index (χ2v) is 16.9. The molecule has 0 aliphatic heterocycles. The summed E-state index contributed by atoms with van der Waals surface area (Å²) in [5.74, 6) is 0.953. The highest BCUT2D eigenvalue weighted by molar-refractivity contribution is 6.19. The number of fused-ring (bicyclic) bond motifs is 7. The number of amidine groups is 2. The third kappa shape index (κ3) is 8.62. The van der Waals surface area contributed by atoms with Crippen LogP contribution < -0.4 is 11.5 Å². The Labute approximate surface area is 394 Å². The molecule has 0 saturated heterocycles. The molecule has 6 nitrogen and oxygen atoms in total. The minimum absolute atomic E-state index is 0.471. The number of benzene rings is 9. The van der Waals surface area contributed by atoms with Crippen LogP contribution in [0.4, 0.5) is 0 Å². The van der Waals surface area contributed by atoms with Crippen molar-refractivity contribution in [2.75, 3.05) is 0 Å². The number of nitrogens with zero attached hydrogens (tertiary/aromatic N) is 2. The van der Waals surface area contributed by atoms with Crippen LogP contribution in [0.25, 0.3) is 77.5 Å². The molecule has 0 aliphatic carbocycles. The van der Waals surface area contributed by atoms with Gasteiger partial charge < -0.3 is 20.3 Å². The van der Waals surface area contributed by atoms with Crippen LogP contribution >= 0.6 is 0 Å². The maximum atomic E-state index is 6.61. The Morgan fingerprint density at radius 3 is 1.31 bits per heavy atom. The van der Waals surface area contributed by atoms with Gasteiger partial charge in [0.2, 0.25) is 0 Å². The van der Waals surface area contributed by atoms with Gasteiger partial charge in [0.05, 0.1) is 11.4 Å². The quantitative estimate of drug-likeness (QED) is 0.0942. The van der Waals surface area contributed by atoms with Crippen LogP contribution in [0.2, 0.25) is 0 Å². The average Bonchev–Trinajstić information content (AvgIpc) is 3.98. The highest BCUT2D eigenvalue weighted by atomic mass is 16.4. The van der Waals surface area contributed by atoms with E-state index in [1.54, 1.807) is 0 Å². The first kappa shape index (κ1) is 41.7. The topological polar surface area (TPSA) is 103 Å². The van der Waals surface area contributed by atoms with Gasteiger partial charge in [0.15, 0.2) is 11.2 Å². The van der Waals surface area contributed by atoms with Gasteiger partial charge in [-0.2, -0.15) is 0 Å². The van der Waals surface area contributed by atoms with Crippen molar-refractivity contribution in [3.05, 3.63) is 264 Å². The fourth-order valence-corrected chi connectivity index (χ4v) is 8.88. The molecule has 326 valence electrons. The third-order valence-corrected chi connectivity index (χ3v) is 12.4. The zero-order chi connectivity index (χ0) is 45.8. The number of rotatable bonds is 12. The summed E-state index contributed by atoms with van der Waals surface area (Å²) >= 11 is 0. The van der Waals surface area contributed by atoms with Gasteiger partial charge in [-0.15, -0.1) is 0 Å². The van der Waals surface area contributed by atoms with Crippen molar-refractivity contribution in [1.29, 1.82) is 0 Å². The standard InChI is InChI=1S/C62H46N4O2/c63-61(44-20-9-3-10-21-44)65-55(43-18-7-2-8-19-43)34-28-42-17-13-24-46(37-42)48-29-35-57-53(39-48)51-31-32-52-54-40-49(30-36-58(54)68-60(52)59(51)67-57)47-25-14-26-50(38-47)56(33-27-41-15-5-1-6-16-41)66-62(64)45-22-11-4-12-23-45/h1-26,29-40H,27-28H2,(H2,63,65)(H2,64,66)/b55-34-,56-33-. The number of hydrogen-bond acceptors (Lipinski definition) is 4. The molecule has 0 aliphatic rings. The first-order valence-corrected chi connectivity index (χ1v) is 22.8. The van der Waals surface area contributed by atoms with Crippen molar-refractivity contribution in [3.8, 4) is 22.3 Å². The molecule has 6 heteroatoms. The van der Waals surface area contributed by atoms with Gasteiger partial charge in [0, 0.05) is 38.2 Å². The predicted molar refractivity (Wildman–Crippen MR) is 282 cm³/mol. The zero-order valence-electron chi connectivity index (χ0n) is 37.2. The molecule has 0 amide bonds.